The molecule has 5 heteroatoms. The molecule has 0 aromatic heterocycles. The molecular formula is C12H25N3OS. The lowest BCUT2D eigenvalue weighted by Crippen LogP contribution is -2.44. The summed E-state index contributed by atoms with van der Waals surface area (Å²) in [6.45, 7) is 4.32. The van der Waals surface area contributed by atoms with Crippen LogP contribution in [0, 0.1) is 5.92 Å². The molecule has 0 aromatic carbocycles. The van der Waals surface area contributed by atoms with Crippen LogP contribution in [0.1, 0.15) is 19.3 Å². The van der Waals surface area contributed by atoms with Crippen LogP contribution < -0.4 is 11.1 Å². The van der Waals surface area contributed by atoms with Crippen LogP contribution in [0.5, 0.6) is 0 Å². The number of nitrogens with one attached hydrogen (secondary N) is 1. The predicted octanol–water partition coefficient (Wildman–Crippen LogP) is 0.526. The van der Waals surface area contributed by atoms with E-state index in [-0.39, 0.29) is 11.8 Å². The molecule has 17 heavy (non-hydrogen) atoms. The standard InChI is InChI=1S/C12H25N3OS/c1-17-9-3-8-15-7-2-4-11(10-15)12(16)14-6-5-13/h11H,2-10,13H2,1H3,(H,14,16). The number of thioether (sulfide) groups is 1. The van der Waals surface area contributed by atoms with Crippen molar-refractivity contribution in [3.8, 4) is 0 Å². The highest BCUT2D eigenvalue weighted by Crippen LogP contribution is 2.17. The van der Waals surface area contributed by atoms with Gasteiger partial charge in [0.05, 0.1) is 5.92 Å². The second-order valence-electron chi connectivity index (χ2n) is 4.57. The zero-order valence-electron chi connectivity index (χ0n) is 10.8. The van der Waals surface area contributed by atoms with Crippen LogP contribution in [-0.4, -0.2) is 55.5 Å². The minimum atomic E-state index is 0.171. The molecule has 100 valence electrons. The van der Waals surface area contributed by atoms with Gasteiger partial charge in [-0.25, -0.2) is 0 Å². The van der Waals surface area contributed by atoms with Crippen LogP contribution in [0.4, 0.5) is 0 Å². The molecule has 0 spiro atoms. The highest BCUT2D eigenvalue weighted by Gasteiger charge is 2.24. The third-order valence-electron chi connectivity index (χ3n) is 3.14. The molecule has 0 aromatic rings. The molecule has 0 radical (unpaired) electrons. The monoisotopic (exact) mass is 259 g/mol. The zero-order chi connectivity index (χ0) is 12.5. The van der Waals surface area contributed by atoms with E-state index in [2.05, 4.69) is 16.5 Å². The maximum absolute atomic E-state index is 11.8. The van der Waals surface area contributed by atoms with Crippen LogP contribution >= 0.6 is 11.8 Å². The van der Waals surface area contributed by atoms with Gasteiger partial charge < -0.3 is 16.0 Å². The van der Waals surface area contributed by atoms with E-state index in [1.165, 1.54) is 12.2 Å². The molecule has 1 fully saturated rings. The van der Waals surface area contributed by atoms with Crippen LogP contribution in [0.3, 0.4) is 0 Å². The number of nitrogens with two attached hydrogens (primary N) is 1. The summed E-state index contributed by atoms with van der Waals surface area (Å²) in [6, 6.07) is 0. The van der Waals surface area contributed by atoms with Gasteiger partial charge in [0.2, 0.25) is 5.91 Å². The molecule has 4 nitrogen and oxygen atoms in total. The Morgan fingerprint density at radius 1 is 1.59 bits per heavy atom. The largest absolute Gasteiger partial charge is 0.355 e. The van der Waals surface area contributed by atoms with Gasteiger partial charge in [0, 0.05) is 19.6 Å². The van der Waals surface area contributed by atoms with E-state index in [0.717, 1.165) is 32.5 Å². The van der Waals surface area contributed by atoms with Gasteiger partial charge in [-0.15, -0.1) is 0 Å². The summed E-state index contributed by atoms with van der Waals surface area (Å²) >= 11 is 1.89. The highest BCUT2D eigenvalue weighted by atomic mass is 32.2. The lowest BCUT2D eigenvalue weighted by atomic mass is 9.97. The summed E-state index contributed by atoms with van der Waals surface area (Å²) in [4.78, 5) is 14.3. The Kier molecular flexibility index (Phi) is 7.64. The number of hydrogen-bond acceptors (Lipinski definition) is 4. The number of piperidine rings is 1. The molecule has 0 aliphatic carbocycles. The fraction of sp³-hybridized carbons (Fsp3) is 0.917. The molecule has 1 unspecified atom stereocenters. The van der Waals surface area contributed by atoms with Gasteiger partial charge in [-0.2, -0.15) is 11.8 Å². The fourth-order valence-corrected chi connectivity index (χ4v) is 2.66. The lowest BCUT2D eigenvalue weighted by molar-refractivity contribution is -0.126. The van der Waals surface area contributed by atoms with Crippen molar-refractivity contribution in [3.63, 3.8) is 0 Å². The van der Waals surface area contributed by atoms with Crippen molar-refractivity contribution in [2.24, 2.45) is 11.7 Å². The van der Waals surface area contributed by atoms with Gasteiger partial charge in [0.15, 0.2) is 0 Å². The van der Waals surface area contributed by atoms with Crippen LogP contribution in [-0.2, 0) is 4.79 Å². The van der Waals surface area contributed by atoms with Crippen molar-refractivity contribution in [2.45, 2.75) is 19.3 Å². The van der Waals surface area contributed by atoms with Crippen molar-refractivity contribution >= 4 is 17.7 Å². The normalized spacial score (nSPS) is 21.4. The first-order chi connectivity index (χ1) is 8.27. The SMILES string of the molecule is CSCCCN1CCCC(C(=O)NCCN)C1. The number of hydrogen-bond donors (Lipinski definition) is 2. The average molecular weight is 259 g/mol. The van der Waals surface area contributed by atoms with Crippen LogP contribution in [0.25, 0.3) is 0 Å². The summed E-state index contributed by atoms with van der Waals surface area (Å²) in [5.41, 5.74) is 5.39. The molecule has 1 aliphatic rings. The van der Waals surface area contributed by atoms with E-state index in [0.29, 0.717) is 13.1 Å². The summed E-state index contributed by atoms with van der Waals surface area (Å²) in [5, 5.41) is 2.90. The first-order valence-electron chi connectivity index (χ1n) is 6.47. The van der Waals surface area contributed by atoms with Gasteiger partial charge in [-0.3, -0.25) is 4.79 Å². The van der Waals surface area contributed by atoms with Gasteiger partial charge in [0.25, 0.3) is 0 Å². The second kappa shape index (κ2) is 8.78. The van der Waals surface area contributed by atoms with E-state index in [4.69, 9.17) is 5.73 Å². The summed E-state index contributed by atoms with van der Waals surface area (Å²) < 4.78 is 0. The maximum atomic E-state index is 11.8. The number of likely N-dealkylation sites (tertiary alicyclic amines) is 1. The van der Waals surface area contributed by atoms with E-state index in [1.54, 1.807) is 0 Å². The molecule has 1 saturated heterocycles. The van der Waals surface area contributed by atoms with Gasteiger partial charge in [-0.05, 0) is 44.4 Å². The predicted molar refractivity (Wildman–Crippen MR) is 74.2 cm³/mol. The maximum Gasteiger partial charge on any atom is 0.224 e. The Morgan fingerprint density at radius 3 is 3.12 bits per heavy atom. The topological polar surface area (TPSA) is 58.4 Å². The first-order valence-corrected chi connectivity index (χ1v) is 7.86. The molecule has 0 saturated carbocycles. The quantitative estimate of drug-likeness (QED) is 0.655. The Bertz CT molecular complexity index is 226. The molecule has 1 amide bonds. The van der Waals surface area contributed by atoms with Gasteiger partial charge in [0.1, 0.15) is 0 Å². The fourth-order valence-electron chi connectivity index (χ4n) is 2.24. The van der Waals surface area contributed by atoms with Crippen LogP contribution in [0.2, 0.25) is 0 Å². The van der Waals surface area contributed by atoms with Crippen LogP contribution in [0.15, 0.2) is 0 Å². The molecule has 0 bridgehead atoms. The molecule has 1 aliphatic heterocycles. The van der Waals surface area contributed by atoms with E-state index in [9.17, 15) is 4.79 Å². The second-order valence-corrected chi connectivity index (χ2v) is 5.55. The third-order valence-corrected chi connectivity index (χ3v) is 3.84. The molecular weight excluding hydrogens is 234 g/mol. The zero-order valence-corrected chi connectivity index (χ0v) is 11.6. The Morgan fingerprint density at radius 2 is 2.41 bits per heavy atom. The minimum absolute atomic E-state index is 0.171. The Balaban J connectivity index is 2.25. The van der Waals surface area contributed by atoms with E-state index < -0.39 is 0 Å². The Labute approximate surface area is 109 Å². The van der Waals surface area contributed by atoms with E-state index in [1.807, 2.05) is 11.8 Å². The van der Waals surface area contributed by atoms with Crippen molar-refractivity contribution < 1.29 is 4.79 Å². The number of carbonyl (C=O) groups is 1. The van der Waals surface area contributed by atoms with Crippen molar-refractivity contribution in [1.29, 1.82) is 0 Å². The number of carbonyl (C=O) groups excluding carboxylic acids is 1. The van der Waals surface area contributed by atoms with Crippen molar-refractivity contribution in [2.75, 3.05) is 44.7 Å². The van der Waals surface area contributed by atoms with Gasteiger partial charge in [-0.1, -0.05) is 0 Å². The van der Waals surface area contributed by atoms with Gasteiger partial charge >= 0.3 is 0 Å². The lowest BCUT2D eigenvalue weighted by Gasteiger charge is -2.31. The summed E-state index contributed by atoms with van der Waals surface area (Å²) in [7, 11) is 0. The number of amides is 1. The first kappa shape index (κ1) is 14.8. The highest BCUT2D eigenvalue weighted by molar-refractivity contribution is 7.98. The van der Waals surface area contributed by atoms with Crippen molar-refractivity contribution in [1.82, 2.24) is 10.2 Å². The number of nitrogens with zero attached hydrogens (tertiary/aromatic N) is 1. The third kappa shape index (κ3) is 5.75. The molecule has 3 N–H and O–H groups in total. The molecule has 1 rings (SSSR count). The summed E-state index contributed by atoms with van der Waals surface area (Å²) in [6.07, 6.45) is 5.52. The van der Waals surface area contributed by atoms with E-state index >= 15 is 0 Å². The Hall–Kier alpha value is -0.260. The number of rotatable bonds is 7. The summed E-state index contributed by atoms with van der Waals surface area (Å²) in [5.74, 6) is 1.56. The smallest absolute Gasteiger partial charge is 0.224 e. The van der Waals surface area contributed by atoms with Crippen molar-refractivity contribution in [3.05, 3.63) is 0 Å². The minimum Gasteiger partial charge on any atom is -0.355 e. The molecule has 1 atom stereocenters. The average Bonchev–Trinajstić information content (AvgIpc) is 2.36. The molecule has 1 heterocycles.